The summed E-state index contributed by atoms with van der Waals surface area (Å²) in [6.07, 6.45) is 3.07. The summed E-state index contributed by atoms with van der Waals surface area (Å²) in [5.41, 5.74) is 3.18. The highest BCUT2D eigenvalue weighted by Crippen LogP contribution is 2.16. The number of rotatable bonds is 8. The number of amides is 2. The highest BCUT2D eigenvalue weighted by molar-refractivity contribution is 5.97. The van der Waals surface area contributed by atoms with Crippen molar-refractivity contribution >= 4 is 22.7 Å². The van der Waals surface area contributed by atoms with Crippen LogP contribution >= 0.6 is 0 Å². The average molecular weight is 438 g/mol. The van der Waals surface area contributed by atoms with Crippen molar-refractivity contribution in [3.8, 4) is 0 Å². The summed E-state index contributed by atoms with van der Waals surface area (Å²) < 4.78 is 0. The number of hydrogen-bond acceptors (Lipinski definition) is 3. The maximum absolute atomic E-state index is 13.1. The number of carbonyl (C=O) groups is 2. The first kappa shape index (κ1) is 22.2. The largest absolute Gasteiger partial charge is 0.352 e. The molecule has 166 valence electrons. The van der Waals surface area contributed by atoms with Crippen LogP contribution in [0.2, 0.25) is 0 Å². The molecule has 0 aliphatic rings. The average Bonchev–Trinajstić information content (AvgIpc) is 2.88. The zero-order chi connectivity index (χ0) is 23.0. The Morgan fingerprint density at radius 3 is 2.36 bits per heavy atom. The van der Waals surface area contributed by atoms with Gasteiger partial charge in [-0.1, -0.05) is 60.7 Å². The SMILES string of the molecule is CN(C(=O)c1ccccc1)C(CCNC(=O)c1ccc2cccnc2c1)Cc1ccccc1. The number of pyridine rings is 1. The fraction of sp³-hybridized carbons (Fsp3) is 0.179. The Morgan fingerprint density at radius 2 is 1.61 bits per heavy atom. The van der Waals surface area contributed by atoms with Gasteiger partial charge in [0.25, 0.3) is 11.8 Å². The van der Waals surface area contributed by atoms with Crippen LogP contribution in [0.1, 0.15) is 32.7 Å². The number of fused-ring (bicyclic) bond motifs is 1. The molecule has 0 aliphatic carbocycles. The van der Waals surface area contributed by atoms with Crippen LogP contribution in [0.3, 0.4) is 0 Å². The Kier molecular flexibility index (Phi) is 7.10. The molecule has 0 saturated heterocycles. The molecular formula is C28H27N3O2. The molecule has 2 amide bonds. The van der Waals surface area contributed by atoms with Gasteiger partial charge >= 0.3 is 0 Å². The third-order valence-corrected chi connectivity index (χ3v) is 5.83. The van der Waals surface area contributed by atoms with Crippen LogP contribution in [0.4, 0.5) is 0 Å². The number of carbonyl (C=O) groups excluding carboxylic acids is 2. The predicted molar refractivity (Wildman–Crippen MR) is 131 cm³/mol. The van der Waals surface area contributed by atoms with Crippen molar-refractivity contribution in [3.63, 3.8) is 0 Å². The summed E-state index contributed by atoms with van der Waals surface area (Å²) >= 11 is 0. The van der Waals surface area contributed by atoms with Gasteiger partial charge in [0.2, 0.25) is 0 Å². The van der Waals surface area contributed by atoms with Crippen LogP contribution in [-0.4, -0.2) is 41.3 Å². The first-order valence-corrected chi connectivity index (χ1v) is 11.1. The quantitative estimate of drug-likeness (QED) is 0.433. The first-order valence-electron chi connectivity index (χ1n) is 11.1. The predicted octanol–water partition coefficient (Wildman–Crippen LogP) is 4.74. The van der Waals surface area contributed by atoms with E-state index in [1.807, 2.05) is 79.8 Å². The normalized spacial score (nSPS) is 11.7. The Morgan fingerprint density at radius 1 is 0.879 bits per heavy atom. The van der Waals surface area contributed by atoms with E-state index < -0.39 is 0 Å². The van der Waals surface area contributed by atoms with E-state index in [9.17, 15) is 9.59 Å². The molecule has 0 saturated carbocycles. The molecular weight excluding hydrogens is 410 g/mol. The molecule has 1 aromatic heterocycles. The van der Waals surface area contributed by atoms with Crippen molar-refractivity contribution in [2.24, 2.45) is 0 Å². The second-order valence-corrected chi connectivity index (χ2v) is 8.08. The van der Waals surface area contributed by atoms with E-state index >= 15 is 0 Å². The van der Waals surface area contributed by atoms with Gasteiger partial charge < -0.3 is 10.2 Å². The molecule has 1 heterocycles. The van der Waals surface area contributed by atoms with Gasteiger partial charge in [0.05, 0.1) is 5.52 Å². The van der Waals surface area contributed by atoms with Gasteiger partial charge in [-0.3, -0.25) is 14.6 Å². The molecule has 0 bridgehead atoms. The summed E-state index contributed by atoms with van der Waals surface area (Å²) in [6.45, 7) is 0.461. The minimum absolute atomic E-state index is 0.0246. The lowest BCUT2D eigenvalue weighted by Gasteiger charge is -2.29. The number of nitrogens with one attached hydrogen (secondary N) is 1. The smallest absolute Gasteiger partial charge is 0.253 e. The summed E-state index contributed by atoms with van der Waals surface area (Å²) in [6, 6.07) is 28.7. The van der Waals surface area contributed by atoms with Crippen molar-refractivity contribution in [1.82, 2.24) is 15.2 Å². The van der Waals surface area contributed by atoms with Gasteiger partial charge in [-0.15, -0.1) is 0 Å². The number of hydrogen-bond donors (Lipinski definition) is 1. The van der Waals surface area contributed by atoms with Crippen molar-refractivity contribution in [3.05, 3.63) is 114 Å². The summed E-state index contributed by atoms with van der Waals surface area (Å²) in [5.74, 6) is -0.165. The molecule has 4 aromatic rings. The number of benzene rings is 3. The van der Waals surface area contributed by atoms with Crippen LogP contribution in [-0.2, 0) is 6.42 Å². The Labute approximate surface area is 194 Å². The van der Waals surface area contributed by atoms with Gasteiger partial charge in [0, 0.05) is 42.3 Å². The van der Waals surface area contributed by atoms with Gasteiger partial charge in [0.1, 0.15) is 0 Å². The molecule has 0 spiro atoms. The molecule has 0 aliphatic heterocycles. The van der Waals surface area contributed by atoms with E-state index in [2.05, 4.69) is 22.4 Å². The molecule has 0 fully saturated rings. The molecule has 5 heteroatoms. The first-order chi connectivity index (χ1) is 16.1. The highest BCUT2D eigenvalue weighted by Gasteiger charge is 2.21. The lowest BCUT2D eigenvalue weighted by atomic mass is 10.0. The van der Waals surface area contributed by atoms with E-state index in [0.717, 1.165) is 16.5 Å². The topological polar surface area (TPSA) is 62.3 Å². The van der Waals surface area contributed by atoms with E-state index in [1.54, 1.807) is 17.2 Å². The second-order valence-electron chi connectivity index (χ2n) is 8.08. The molecule has 33 heavy (non-hydrogen) atoms. The third-order valence-electron chi connectivity index (χ3n) is 5.83. The summed E-state index contributed by atoms with van der Waals surface area (Å²) in [5, 5.41) is 4.01. The summed E-state index contributed by atoms with van der Waals surface area (Å²) in [7, 11) is 1.83. The Hall–Kier alpha value is -3.99. The Bertz CT molecular complexity index is 1230. The molecule has 0 radical (unpaired) electrons. The lowest BCUT2D eigenvalue weighted by Crippen LogP contribution is -2.41. The molecule has 1 unspecified atom stereocenters. The Balaban J connectivity index is 1.44. The molecule has 3 aromatic carbocycles. The zero-order valence-corrected chi connectivity index (χ0v) is 18.6. The van der Waals surface area contributed by atoms with Crippen LogP contribution < -0.4 is 5.32 Å². The minimum Gasteiger partial charge on any atom is -0.352 e. The van der Waals surface area contributed by atoms with Gasteiger partial charge in [-0.2, -0.15) is 0 Å². The van der Waals surface area contributed by atoms with Gasteiger partial charge in [-0.05, 0) is 48.7 Å². The lowest BCUT2D eigenvalue weighted by molar-refractivity contribution is 0.0723. The maximum atomic E-state index is 13.1. The third kappa shape index (κ3) is 5.63. The second kappa shape index (κ2) is 10.6. The van der Waals surface area contributed by atoms with Gasteiger partial charge in [0.15, 0.2) is 0 Å². The van der Waals surface area contributed by atoms with Crippen LogP contribution in [0.15, 0.2) is 97.2 Å². The standard InChI is InChI=1S/C28H27N3O2/c1-31(28(33)23-11-6-3-7-12-23)25(19-21-9-4-2-5-10-21)16-18-30-27(32)24-15-14-22-13-8-17-29-26(22)20-24/h2-15,17,20,25H,16,18-19H2,1H3,(H,30,32). The van der Waals surface area contributed by atoms with Crippen LogP contribution in [0, 0.1) is 0 Å². The number of aromatic nitrogens is 1. The zero-order valence-electron chi connectivity index (χ0n) is 18.6. The molecule has 1 atom stereocenters. The van der Waals surface area contributed by atoms with Crippen molar-refractivity contribution in [1.29, 1.82) is 0 Å². The fourth-order valence-corrected chi connectivity index (χ4v) is 3.93. The maximum Gasteiger partial charge on any atom is 0.253 e. The van der Waals surface area contributed by atoms with Gasteiger partial charge in [-0.25, -0.2) is 0 Å². The van der Waals surface area contributed by atoms with E-state index in [0.29, 0.717) is 30.5 Å². The fourth-order valence-electron chi connectivity index (χ4n) is 3.93. The number of likely N-dealkylation sites (N-methyl/N-ethyl adjacent to an activating group) is 1. The van der Waals surface area contributed by atoms with E-state index in [-0.39, 0.29) is 17.9 Å². The van der Waals surface area contributed by atoms with Crippen molar-refractivity contribution < 1.29 is 9.59 Å². The molecule has 4 rings (SSSR count). The minimum atomic E-state index is -0.141. The summed E-state index contributed by atoms with van der Waals surface area (Å²) in [4.78, 5) is 31.9. The van der Waals surface area contributed by atoms with E-state index in [1.165, 1.54) is 0 Å². The van der Waals surface area contributed by atoms with Crippen LogP contribution in [0.25, 0.3) is 10.9 Å². The monoisotopic (exact) mass is 437 g/mol. The van der Waals surface area contributed by atoms with Crippen LogP contribution in [0.5, 0.6) is 0 Å². The molecule has 1 N–H and O–H groups in total. The number of nitrogens with zero attached hydrogens (tertiary/aromatic N) is 2. The van der Waals surface area contributed by atoms with E-state index in [4.69, 9.17) is 0 Å². The van der Waals surface area contributed by atoms with Crippen molar-refractivity contribution in [2.45, 2.75) is 18.9 Å². The molecule has 5 nitrogen and oxygen atoms in total. The van der Waals surface area contributed by atoms with Crippen molar-refractivity contribution in [2.75, 3.05) is 13.6 Å². The highest BCUT2D eigenvalue weighted by atomic mass is 16.2.